The molecule has 6 heteroatoms. The number of thiazole rings is 1. The van der Waals surface area contributed by atoms with E-state index in [4.69, 9.17) is 11.5 Å². The highest BCUT2D eigenvalue weighted by Crippen LogP contribution is 2.28. The van der Waals surface area contributed by atoms with Crippen LogP contribution in [0.3, 0.4) is 0 Å². The zero-order valence-electron chi connectivity index (χ0n) is 14.8. The van der Waals surface area contributed by atoms with Crippen LogP contribution in [-0.2, 0) is 4.79 Å². The first-order chi connectivity index (χ1) is 12.1. The maximum atomic E-state index is 12.0. The molecule has 5 nitrogen and oxygen atoms in total. The van der Waals surface area contributed by atoms with Gasteiger partial charge in [-0.3, -0.25) is 4.79 Å². The summed E-state index contributed by atoms with van der Waals surface area (Å²) in [6.07, 6.45) is 4.57. The number of nitrogens with zero attached hydrogens (tertiary/aromatic N) is 1. The highest BCUT2D eigenvalue weighted by Gasteiger charge is 2.12. The zero-order valence-corrected chi connectivity index (χ0v) is 15.6. The minimum absolute atomic E-state index is 0.00806. The number of nitrogens with two attached hydrogens (primary N) is 2. The summed E-state index contributed by atoms with van der Waals surface area (Å²) < 4.78 is 0. The smallest absolute Gasteiger partial charge is 0.221 e. The number of nitrogens with one attached hydrogen (secondary N) is 1. The van der Waals surface area contributed by atoms with Gasteiger partial charge in [0, 0.05) is 19.0 Å². The van der Waals surface area contributed by atoms with E-state index in [2.05, 4.69) is 10.3 Å². The summed E-state index contributed by atoms with van der Waals surface area (Å²) in [5.41, 5.74) is 16.6. The van der Waals surface area contributed by atoms with Gasteiger partial charge in [0.25, 0.3) is 0 Å². The van der Waals surface area contributed by atoms with Crippen molar-refractivity contribution in [3.63, 3.8) is 0 Å². The molecule has 0 saturated carbocycles. The Balaban J connectivity index is 1.77. The Labute approximate surface area is 153 Å². The summed E-state index contributed by atoms with van der Waals surface area (Å²) in [6, 6.07) is 7.81. The molecule has 1 amide bonds. The number of aryl methyl sites for hydroxylation is 1. The van der Waals surface area contributed by atoms with Crippen molar-refractivity contribution in [3.05, 3.63) is 41.0 Å². The summed E-state index contributed by atoms with van der Waals surface area (Å²) >= 11 is 1.63. The SMILES string of the molecule is Cc1ncsc1-c1ccc([C@@H](N)CC(=O)NCCCCCCN)cc1. The lowest BCUT2D eigenvalue weighted by Crippen LogP contribution is -2.28. The molecule has 0 bridgehead atoms. The van der Waals surface area contributed by atoms with E-state index in [-0.39, 0.29) is 11.9 Å². The molecule has 0 saturated heterocycles. The Morgan fingerprint density at radius 1 is 1.20 bits per heavy atom. The van der Waals surface area contributed by atoms with Crippen molar-refractivity contribution in [3.8, 4) is 10.4 Å². The minimum Gasteiger partial charge on any atom is -0.356 e. The van der Waals surface area contributed by atoms with Crippen molar-refractivity contribution in [2.75, 3.05) is 13.1 Å². The van der Waals surface area contributed by atoms with Crippen LogP contribution >= 0.6 is 11.3 Å². The first kappa shape index (κ1) is 19.6. The Bertz CT molecular complexity index is 654. The number of unbranched alkanes of at least 4 members (excludes halogenated alkanes) is 3. The number of amides is 1. The van der Waals surface area contributed by atoms with E-state index in [1.54, 1.807) is 11.3 Å². The minimum atomic E-state index is -0.283. The third-order valence-corrected chi connectivity index (χ3v) is 5.18. The molecule has 0 aliphatic heterocycles. The number of aromatic nitrogens is 1. The van der Waals surface area contributed by atoms with Crippen LogP contribution in [0.25, 0.3) is 10.4 Å². The van der Waals surface area contributed by atoms with Crippen LogP contribution in [0.15, 0.2) is 29.8 Å². The third-order valence-electron chi connectivity index (χ3n) is 4.20. The Kier molecular flexibility index (Phi) is 8.04. The number of hydrogen-bond donors (Lipinski definition) is 3. The van der Waals surface area contributed by atoms with Crippen molar-refractivity contribution >= 4 is 17.2 Å². The second-order valence-electron chi connectivity index (χ2n) is 6.25. The first-order valence-corrected chi connectivity index (χ1v) is 9.72. The monoisotopic (exact) mass is 360 g/mol. The highest BCUT2D eigenvalue weighted by atomic mass is 32.1. The van der Waals surface area contributed by atoms with Gasteiger partial charge in [0.1, 0.15) is 0 Å². The van der Waals surface area contributed by atoms with Gasteiger partial charge < -0.3 is 16.8 Å². The molecule has 0 radical (unpaired) electrons. The molecule has 0 fully saturated rings. The quantitative estimate of drug-likeness (QED) is 0.567. The third kappa shape index (κ3) is 6.23. The number of benzene rings is 1. The lowest BCUT2D eigenvalue weighted by Gasteiger charge is -2.13. The number of hydrogen-bond acceptors (Lipinski definition) is 5. The first-order valence-electron chi connectivity index (χ1n) is 8.84. The van der Waals surface area contributed by atoms with Crippen LogP contribution in [0.5, 0.6) is 0 Å². The largest absolute Gasteiger partial charge is 0.356 e. The van der Waals surface area contributed by atoms with Gasteiger partial charge in [-0.25, -0.2) is 4.98 Å². The molecular weight excluding hydrogens is 332 g/mol. The molecule has 5 N–H and O–H groups in total. The molecule has 0 aliphatic rings. The zero-order chi connectivity index (χ0) is 18.1. The van der Waals surface area contributed by atoms with Crippen molar-refractivity contribution in [2.45, 2.75) is 45.1 Å². The molecule has 0 spiro atoms. The topological polar surface area (TPSA) is 94.0 Å². The predicted molar refractivity (Wildman–Crippen MR) is 104 cm³/mol. The number of rotatable bonds is 10. The van der Waals surface area contributed by atoms with Crippen LogP contribution in [0.4, 0.5) is 0 Å². The van der Waals surface area contributed by atoms with Crippen molar-refractivity contribution in [1.29, 1.82) is 0 Å². The second kappa shape index (κ2) is 10.3. The van der Waals surface area contributed by atoms with Crippen molar-refractivity contribution in [1.82, 2.24) is 10.3 Å². The highest BCUT2D eigenvalue weighted by molar-refractivity contribution is 7.13. The molecule has 1 heterocycles. The summed E-state index contributed by atoms with van der Waals surface area (Å²) in [4.78, 5) is 17.4. The molecule has 136 valence electrons. The van der Waals surface area contributed by atoms with Crippen molar-refractivity contribution in [2.24, 2.45) is 11.5 Å². The lowest BCUT2D eigenvalue weighted by molar-refractivity contribution is -0.121. The van der Waals surface area contributed by atoms with Gasteiger partial charge in [0.2, 0.25) is 5.91 Å². The molecule has 2 rings (SSSR count). The molecule has 2 aromatic rings. The van der Waals surface area contributed by atoms with Crippen molar-refractivity contribution < 1.29 is 4.79 Å². The average molecular weight is 361 g/mol. The molecule has 0 aliphatic carbocycles. The summed E-state index contributed by atoms with van der Waals surface area (Å²) in [5.74, 6) is 0.00806. The molecule has 0 unspecified atom stereocenters. The molecular formula is C19H28N4OS. The normalized spacial score (nSPS) is 12.1. The van der Waals surface area contributed by atoms with Gasteiger partial charge >= 0.3 is 0 Å². The maximum Gasteiger partial charge on any atom is 0.221 e. The van der Waals surface area contributed by atoms with E-state index in [1.165, 1.54) is 4.88 Å². The fraction of sp³-hybridized carbons (Fsp3) is 0.474. The molecule has 1 atom stereocenters. The second-order valence-corrected chi connectivity index (χ2v) is 7.11. The molecule has 1 aromatic carbocycles. The van der Waals surface area contributed by atoms with E-state index in [0.29, 0.717) is 13.0 Å². The average Bonchev–Trinajstić information content (AvgIpc) is 3.04. The lowest BCUT2D eigenvalue weighted by atomic mass is 10.0. The van der Waals surface area contributed by atoms with E-state index in [9.17, 15) is 4.79 Å². The van der Waals surface area contributed by atoms with Crippen LogP contribution < -0.4 is 16.8 Å². The van der Waals surface area contributed by atoms with Gasteiger partial charge in [-0.05, 0) is 37.4 Å². The Morgan fingerprint density at radius 3 is 2.56 bits per heavy atom. The fourth-order valence-corrected chi connectivity index (χ4v) is 3.51. The van der Waals surface area contributed by atoms with Gasteiger partial charge in [-0.15, -0.1) is 11.3 Å². The van der Waals surface area contributed by atoms with E-state index in [0.717, 1.165) is 49.0 Å². The van der Waals surface area contributed by atoms with Crippen LogP contribution in [0, 0.1) is 6.92 Å². The summed E-state index contributed by atoms with van der Waals surface area (Å²) in [7, 11) is 0. The predicted octanol–water partition coefficient (Wildman–Crippen LogP) is 3.14. The van der Waals surface area contributed by atoms with Gasteiger partial charge in [-0.1, -0.05) is 37.1 Å². The summed E-state index contributed by atoms with van der Waals surface area (Å²) in [5, 5.41) is 2.94. The standard InChI is InChI=1S/C19H28N4OS/c1-14-19(25-13-23-14)16-8-6-15(7-9-16)17(21)12-18(24)22-11-5-3-2-4-10-20/h6-9,13,17H,2-5,10-12,20-21H2,1H3,(H,22,24)/t17-/m0/s1. The van der Waals surface area contributed by atoms with E-state index in [1.807, 2.05) is 36.7 Å². The number of carbonyl (C=O) groups excluding carboxylic acids is 1. The van der Waals surface area contributed by atoms with Crippen LogP contribution in [0.2, 0.25) is 0 Å². The van der Waals surface area contributed by atoms with Crippen LogP contribution in [0.1, 0.15) is 49.4 Å². The van der Waals surface area contributed by atoms with Gasteiger partial charge in [0.15, 0.2) is 0 Å². The van der Waals surface area contributed by atoms with Gasteiger partial charge in [-0.2, -0.15) is 0 Å². The van der Waals surface area contributed by atoms with E-state index >= 15 is 0 Å². The maximum absolute atomic E-state index is 12.0. The Morgan fingerprint density at radius 2 is 1.92 bits per heavy atom. The molecule has 25 heavy (non-hydrogen) atoms. The summed E-state index contributed by atoms with van der Waals surface area (Å²) in [6.45, 7) is 3.45. The number of carbonyl (C=O) groups is 1. The molecule has 1 aromatic heterocycles. The Hall–Kier alpha value is -1.76. The van der Waals surface area contributed by atoms with E-state index < -0.39 is 0 Å². The fourth-order valence-electron chi connectivity index (χ4n) is 2.70. The van der Waals surface area contributed by atoms with Gasteiger partial charge in [0.05, 0.1) is 16.1 Å². The van der Waals surface area contributed by atoms with Crippen LogP contribution in [-0.4, -0.2) is 24.0 Å².